The Hall–Kier alpha value is -1.37. The highest BCUT2D eigenvalue weighted by atomic mass is 32.3. The third kappa shape index (κ3) is 2.55. The molecule has 1 aromatic carbocycles. The second-order valence-electron chi connectivity index (χ2n) is 3.86. The lowest BCUT2D eigenvalue weighted by atomic mass is 10.2. The molecule has 1 aromatic rings. The molecule has 2 N–H and O–H groups in total. The molecule has 0 aliphatic carbocycles. The van der Waals surface area contributed by atoms with Gasteiger partial charge in [0.1, 0.15) is 5.84 Å². The van der Waals surface area contributed by atoms with Crippen molar-refractivity contribution in [2.45, 2.75) is 4.90 Å². The number of hydrogen-bond donors (Lipinski definition) is 2. The number of thiocarbonyl (C=S) groups is 1. The Bertz CT molecular complexity index is 526. The maximum Gasteiger partial charge on any atom is 0.172 e. The molecule has 2 rings (SSSR count). The number of rotatable bonds is 2. The molecule has 0 bridgehead atoms. The molecule has 0 radical (unpaired) electrons. The highest BCUT2D eigenvalue weighted by Gasteiger charge is 2.23. The average Bonchev–Trinajstić information content (AvgIpc) is 2.59. The Kier molecular flexibility index (Phi) is 3.70. The molecular formula is C12H14N3OS2-. The zero-order valence-electron chi connectivity index (χ0n) is 9.97. The molecule has 1 unspecified atom stereocenters. The van der Waals surface area contributed by atoms with Crippen LogP contribution < -0.4 is 10.6 Å². The molecule has 0 fully saturated rings. The summed E-state index contributed by atoms with van der Waals surface area (Å²) in [6, 6.07) is 7.45. The largest absolute Gasteiger partial charge is 0.792 e. The van der Waals surface area contributed by atoms with Crippen LogP contribution in [0.25, 0.3) is 0 Å². The van der Waals surface area contributed by atoms with Crippen molar-refractivity contribution in [2.75, 3.05) is 12.8 Å². The van der Waals surface area contributed by atoms with Crippen molar-refractivity contribution in [3.63, 3.8) is 0 Å². The van der Waals surface area contributed by atoms with Crippen LogP contribution in [0.5, 0.6) is 0 Å². The number of nitrogens with zero attached hydrogens (tertiary/aromatic N) is 1. The van der Waals surface area contributed by atoms with Crippen LogP contribution in [0, 0.1) is 0 Å². The van der Waals surface area contributed by atoms with Crippen LogP contribution >= 0.6 is 22.7 Å². The van der Waals surface area contributed by atoms with Crippen molar-refractivity contribution in [1.29, 1.82) is 0 Å². The second kappa shape index (κ2) is 5.09. The first-order valence-corrected chi connectivity index (χ1v) is 7.72. The van der Waals surface area contributed by atoms with Gasteiger partial charge in [-0.15, -0.1) is 6.58 Å². The van der Waals surface area contributed by atoms with E-state index in [0.717, 1.165) is 10.5 Å². The minimum atomic E-state index is -2.35. The summed E-state index contributed by atoms with van der Waals surface area (Å²) < 4.78 is 16.5. The molecule has 0 saturated carbocycles. The maximum atomic E-state index is 12.3. The first-order chi connectivity index (χ1) is 8.54. The lowest BCUT2D eigenvalue weighted by molar-refractivity contribution is 0.591. The molecule has 0 spiro atoms. The minimum Gasteiger partial charge on any atom is -0.792 e. The van der Waals surface area contributed by atoms with Crippen LogP contribution in [0.4, 0.5) is 0 Å². The maximum absolute atomic E-state index is 12.3. The monoisotopic (exact) mass is 280 g/mol. The number of benzene rings is 1. The van der Waals surface area contributed by atoms with Gasteiger partial charge >= 0.3 is 0 Å². The molecule has 6 heteroatoms. The van der Waals surface area contributed by atoms with Gasteiger partial charge in [0.05, 0.1) is 0 Å². The zero-order valence-corrected chi connectivity index (χ0v) is 11.6. The van der Waals surface area contributed by atoms with Gasteiger partial charge in [-0.2, -0.15) is 10.5 Å². The molecule has 0 aromatic heterocycles. The lowest BCUT2D eigenvalue weighted by Crippen LogP contribution is -2.39. The fraction of sp³-hybridized carbons (Fsp3) is 0.167. The first kappa shape index (κ1) is 13.1. The van der Waals surface area contributed by atoms with E-state index in [0.29, 0.717) is 17.5 Å². The third-order valence-electron chi connectivity index (χ3n) is 2.45. The van der Waals surface area contributed by atoms with E-state index in [4.69, 9.17) is 12.2 Å². The fourth-order valence-corrected chi connectivity index (χ4v) is 3.35. The average molecular weight is 280 g/mol. The molecular weight excluding hydrogens is 266 g/mol. The molecule has 4 nitrogen and oxygen atoms in total. The molecule has 0 saturated heterocycles. The van der Waals surface area contributed by atoms with Gasteiger partial charge in [-0.25, -0.2) is 4.40 Å². The fourth-order valence-electron chi connectivity index (χ4n) is 1.67. The summed E-state index contributed by atoms with van der Waals surface area (Å²) in [7, 11) is -2.35. The molecule has 1 aliphatic rings. The van der Waals surface area contributed by atoms with Crippen molar-refractivity contribution < 1.29 is 4.55 Å². The summed E-state index contributed by atoms with van der Waals surface area (Å²) in [5.41, 5.74) is 0.841. The summed E-state index contributed by atoms with van der Waals surface area (Å²) in [6.07, 6.45) is 3.34. The summed E-state index contributed by atoms with van der Waals surface area (Å²) in [5, 5.41) is 6.36. The minimum absolute atomic E-state index is 0.445. The molecule has 1 heterocycles. The molecule has 18 heavy (non-hydrogen) atoms. The van der Waals surface area contributed by atoms with Gasteiger partial charge < -0.3 is 15.2 Å². The zero-order chi connectivity index (χ0) is 13.2. The van der Waals surface area contributed by atoms with E-state index in [1.165, 1.54) is 0 Å². The van der Waals surface area contributed by atoms with Crippen LogP contribution in [0.1, 0.15) is 5.56 Å². The smallest absolute Gasteiger partial charge is 0.172 e. The third-order valence-corrected chi connectivity index (χ3v) is 4.40. The number of nitrogens with one attached hydrogen (secondary N) is 2. The predicted molar refractivity (Wildman–Crippen MR) is 79.5 cm³/mol. The Morgan fingerprint density at radius 3 is 3.00 bits per heavy atom. The van der Waals surface area contributed by atoms with Gasteiger partial charge in [-0.05, 0) is 24.5 Å². The first-order valence-electron chi connectivity index (χ1n) is 5.39. The van der Waals surface area contributed by atoms with Gasteiger partial charge in [-0.1, -0.05) is 24.3 Å². The topological polar surface area (TPSA) is 59.5 Å². The second-order valence-corrected chi connectivity index (χ2v) is 6.50. The van der Waals surface area contributed by atoms with E-state index in [2.05, 4.69) is 21.6 Å². The molecule has 1 atom stereocenters. The Labute approximate surface area is 113 Å². The van der Waals surface area contributed by atoms with E-state index in [1.54, 1.807) is 12.3 Å². The quantitative estimate of drug-likeness (QED) is 0.642. The van der Waals surface area contributed by atoms with Crippen LogP contribution in [-0.2, 0) is 0 Å². The van der Waals surface area contributed by atoms with Gasteiger partial charge in [0, 0.05) is 17.0 Å². The van der Waals surface area contributed by atoms with Crippen LogP contribution in [-0.4, -0.2) is 28.3 Å². The van der Waals surface area contributed by atoms with Crippen LogP contribution in [0.15, 0.2) is 46.2 Å². The Balaban J connectivity index is 2.20. The van der Waals surface area contributed by atoms with Gasteiger partial charge in [-0.3, -0.25) is 0 Å². The van der Waals surface area contributed by atoms with Crippen molar-refractivity contribution >= 4 is 33.7 Å². The molecule has 96 valence electrons. The van der Waals surface area contributed by atoms with E-state index in [1.807, 2.05) is 24.3 Å². The Morgan fingerprint density at radius 2 is 2.28 bits per heavy atom. The van der Waals surface area contributed by atoms with Gasteiger partial charge in [0.25, 0.3) is 0 Å². The van der Waals surface area contributed by atoms with Crippen LogP contribution in [0.2, 0.25) is 0 Å². The standard InChI is InChI=1S/C12H15N3OS2/c1-3-8-13-12(17)14-11-9-6-4-5-7-10(9)18(2,16)15-11/h3-7,16H,1,8H2,2H3,(H2,13,14,15,17)/p-1. The van der Waals surface area contributed by atoms with E-state index in [9.17, 15) is 4.55 Å². The van der Waals surface area contributed by atoms with Crippen molar-refractivity contribution in [1.82, 2.24) is 10.6 Å². The van der Waals surface area contributed by atoms with Crippen molar-refractivity contribution in [3.05, 3.63) is 42.5 Å². The predicted octanol–water partition coefficient (Wildman–Crippen LogP) is 1.94. The molecule has 1 aliphatic heterocycles. The Morgan fingerprint density at radius 1 is 1.56 bits per heavy atom. The highest BCUT2D eigenvalue weighted by Crippen LogP contribution is 2.55. The van der Waals surface area contributed by atoms with E-state index < -0.39 is 10.5 Å². The number of amidine groups is 1. The number of hydrogen-bond acceptors (Lipinski definition) is 3. The highest BCUT2D eigenvalue weighted by molar-refractivity contribution is 8.27. The van der Waals surface area contributed by atoms with Gasteiger partial charge in [0.2, 0.25) is 0 Å². The lowest BCUT2D eigenvalue weighted by Gasteiger charge is -2.34. The summed E-state index contributed by atoms with van der Waals surface area (Å²) in [4.78, 5) is 0.749. The SMILES string of the molecule is C=CCNC(=S)NC1=NS(C)([O-])c2ccccc21. The van der Waals surface area contributed by atoms with E-state index in [-0.39, 0.29) is 0 Å². The van der Waals surface area contributed by atoms with E-state index >= 15 is 0 Å². The number of fused-ring (bicyclic) bond motifs is 1. The van der Waals surface area contributed by atoms with Gasteiger partial charge in [0.15, 0.2) is 5.11 Å². The molecule has 0 amide bonds. The normalized spacial score (nSPS) is 24.4. The summed E-state index contributed by atoms with van der Waals surface area (Å²) >= 11 is 5.12. The van der Waals surface area contributed by atoms with Crippen LogP contribution in [0.3, 0.4) is 0 Å². The van der Waals surface area contributed by atoms with Crippen molar-refractivity contribution in [2.24, 2.45) is 4.40 Å². The van der Waals surface area contributed by atoms with Crippen molar-refractivity contribution in [3.8, 4) is 0 Å². The summed E-state index contributed by atoms with van der Waals surface area (Å²) in [5.74, 6) is 0.555. The summed E-state index contributed by atoms with van der Waals surface area (Å²) in [6.45, 7) is 4.17.